The highest BCUT2D eigenvalue weighted by Gasteiger charge is 2.31. The number of alkyl halides is 3. The Balaban J connectivity index is 1.41. The Morgan fingerprint density at radius 3 is 2.47 bits per heavy atom. The van der Waals surface area contributed by atoms with E-state index in [1.807, 2.05) is 30.0 Å². The minimum absolute atomic E-state index is 0.0260. The summed E-state index contributed by atoms with van der Waals surface area (Å²) < 4.78 is 38.8. The highest BCUT2D eigenvalue weighted by Crippen LogP contribution is 2.31. The lowest BCUT2D eigenvalue weighted by Gasteiger charge is -2.33. The molecule has 1 fully saturated rings. The van der Waals surface area contributed by atoms with E-state index in [9.17, 15) is 18.0 Å². The van der Waals surface area contributed by atoms with Crippen molar-refractivity contribution in [2.45, 2.75) is 32.0 Å². The molecular formula is C23H29F3N3O+. The largest absolute Gasteiger partial charge is 0.416 e. The third-order valence-corrected chi connectivity index (χ3v) is 5.54. The third-order valence-electron chi connectivity index (χ3n) is 5.54. The van der Waals surface area contributed by atoms with Gasteiger partial charge in [0.15, 0.2) is 6.54 Å². The lowest BCUT2D eigenvalue weighted by molar-refractivity contribution is -0.892. The summed E-state index contributed by atoms with van der Waals surface area (Å²) in [6.45, 7) is 5.12. The number of benzene rings is 2. The zero-order valence-corrected chi connectivity index (χ0v) is 17.2. The molecule has 2 aromatic carbocycles. The van der Waals surface area contributed by atoms with Gasteiger partial charge in [0.25, 0.3) is 5.91 Å². The van der Waals surface area contributed by atoms with Crippen LogP contribution in [0.1, 0.15) is 24.5 Å². The highest BCUT2D eigenvalue weighted by atomic mass is 19.4. The summed E-state index contributed by atoms with van der Waals surface area (Å²) >= 11 is 0. The number of rotatable bonds is 7. The number of hydrogen-bond acceptors (Lipinski definition) is 2. The molecule has 2 aromatic rings. The lowest BCUT2D eigenvalue weighted by atomic mass is 10.1. The molecule has 30 heavy (non-hydrogen) atoms. The van der Waals surface area contributed by atoms with Crippen molar-refractivity contribution in [1.29, 1.82) is 0 Å². The van der Waals surface area contributed by atoms with Gasteiger partial charge in [-0.25, -0.2) is 0 Å². The van der Waals surface area contributed by atoms with Crippen molar-refractivity contribution in [2.24, 2.45) is 0 Å². The summed E-state index contributed by atoms with van der Waals surface area (Å²) in [5.74, 6) is 0.0260. The summed E-state index contributed by atoms with van der Waals surface area (Å²) in [4.78, 5) is 15.5. The molecule has 1 amide bonds. The second kappa shape index (κ2) is 9.98. The molecule has 3 rings (SSSR count). The van der Waals surface area contributed by atoms with E-state index >= 15 is 0 Å². The first kappa shape index (κ1) is 22.2. The standard InChI is InChI=1S/C23H28F3N3O/c1-18(10-11-19-6-3-2-4-7-19)27-22(30)17-28-12-14-29(15-13-28)21-9-5-8-20(16-21)23(24,25)26/h2-9,16,18H,10-15,17H2,1H3,(H,27,30)/p+1/t18-/m1/s1. The smallest absolute Gasteiger partial charge is 0.360 e. The Bertz CT molecular complexity index is 818. The SMILES string of the molecule is C[C@H](CCc1ccccc1)NC(=O)C[NH+]1CCN(c2cccc(C(F)(F)F)c2)CC1. The molecule has 4 nitrogen and oxygen atoms in total. The summed E-state index contributed by atoms with van der Waals surface area (Å²) in [5.41, 5.74) is 1.22. The first-order valence-corrected chi connectivity index (χ1v) is 10.4. The van der Waals surface area contributed by atoms with Crippen molar-refractivity contribution in [3.05, 3.63) is 65.7 Å². The molecule has 1 atom stereocenters. The Kier molecular flexibility index (Phi) is 7.37. The maximum Gasteiger partial charge on any atom is 0.416 e. The van der Waals surface area contributed by atoms with Gasteiger partial charge in [0, 0.05) is 11.7 Å². The molecule has 1 aliphatic rings. The zero-order chi connectivity index (χ0) is 21.6. The molecule has 0 aliphatic carbocycles. The topological polar surface area (TPSA) is 36.8 Å². The van der Waals surface area contributed by atoms with Crippen LogP contribution in [0, 0.1) is 0 Å². The monoisotopic (exact) mass is 420 g/mol. The minimum atomic E-state index is -4.33. The highest BCUT2D eigenvalue weighted by molar-refractivity contribution is 5.77. The van der Waals surface area contributed by atoms with Crippen LogP contribution in [-0.2, 0) is 17.4 Å². The van der Waals surface area contributed by atoms with Crippen molar-refractivity contribution < 1.29 is 22.9 Å². The molecule has 1 heterocycles. The number of nitrogens with one attached hydrogen (secondary N) is 2. The van der Waals surface area contributed by atoms with E-state index in [-0.39, 0.29) is 11.9 Å². The van der Waals surface area contributed by atoms with E-state index in [4.69, 9.17) is 0 Å². The first-order chi connectivity index (χ1) is 14.3. The summed E-state index contributed by atoms with van der Waals surface area (Å²) in [7, 11) is 0. The van der Waals surface area contributed by atoms with Gasteiger partial charge >= 0.3 is 6.18 Å². The predicted molar refractivity (Wildman–Crippen MR) is 112 cm³/mol. The number of nitrogens with zero attached hydrogens (tertiary/aromatic N) is 1. The van der Waals surface area contributed by atoms with Gasteiger partial charge in [-0.3, -0.25) is 4.79 Å². The number of hydrogen-bond donors (Lipinski definition) is 2. The van der Waals surface area contributed by atoms with Crippen molar-refractivity contribution in [3.63, 3.8) is 0 Å². The Labute approximate surface area is 175 Å². The minimum Gasteiger partial charge on any atom is -0.360 e. The van der Waals surface area contributed by atoms with Gasteiger partial charge in [-0.1, -0.05) is 36.4 Å². The normalized spacial score (nSPS) is 16.3. The fraction of sp³-hybridized carbons (Fsp3) is 0.435. The third kappa shape index (κ3) is 6.49. The van der Waals surface area contributed by atoms with Gasteiger partial charge in [-0.15, -0.1) is 0 Å². The summed E-state index contributed by atoms with van der Waals surface area (Å²) in [6.07, 6.45) is -2.53. The molecular weight excluding hydrogens is 391 g/mol. The van der Waals surface area contributed by atoms with Gasteiger partial charge in [0.2, 0.25) is 0 Å². The molecule has 0 radical (unpaired) electrons. The van der Waals surface area contributed by atoms with Crippen LogP contribution < -0.4 is 15.1 Å². The summed E-state index contributed by atoms with van der Waals surface area (Å²) in [6, 6.07) is 15.7. The molecule has 0 spiro atoms. The van der Waals surface area contributed by atoms with E-state index in [2.05, 4.69) is 17.4 Å². The molecule has 1 aliphatic heterocycles. The van der Waals surface area contributed by atoms with E-state index < -0.39 is 11.7 Å². The quantitative estimate of drug-likeness (QED) is 0.723. The molecule has 0 bridgehead atoms. The van der Waals surface area contributed by atoms with Gasteiger partial charge in [-0.2, -0.15) is 13.2 Å². The molecule has 7 heteroatoms. The van der Waals surface area contributed by atoms with Crippen molar-refractivity contribution in [1.82, 2.24) is 5.32 Å². The number of carbonyl (C=O) groups is 1. The number of carbonyl (C=O) groups excluding carboxylic acids is 1. The molecule has 0 unspecified atom stereocenters. The number of amides is 1. The van der Waals surface area contributed by atoms with Crippen LogP contribution in [0.15, 0.2) is 54.6 Å². The van der Waals surface area contributed by atoms with Gasteiger partial charge in [0.1, 0.15) is 0 Å². The molecule has 162 valence electrons. The Hall–Kier alpha value is -2.54. The second-order valence-corrected chi connectivity index (χ2v) is 7.95. The molecule has 0 aromatic heterocycles. The average molecular weight is 420 g/mol. The summed E-state index contributed by atoms with van der Waals surface area (Å²) in [5, 5.41) is 3.07. The van der Waals surface area contributed by atoms with Crippen LogP contribution >= 0.6 is 0 Å². The number of aryl methyl sites for hydroxylation is 1. The zero-order valence-electron chi connectivity index (χ0n) is 17.2. The second-order valence-electron chi connectivity index (χ2n) is 7.95. The van der Waals surface area contributed by atoms with E-state index in [1.54, 1.807) is 6.07 Å². The molecule has 0 saturated carbocycles. The predicted octanol–water partition coefficient (Wildman–Crippen LogP) is 2.55. The van der Waals surface area contributed by atoms with Crippen molar-refractivity contribution in [2.75, 3.05) is 37.6 Å². The van der Waals surface area contributed by atoms with E-state index in [0.29, 0.717) is 25.3 Å². The number of anilines is 1. The van der Waals surface area contributed by atoms with Crippen LogP contribution in [0.2, 0.25) is 0 Å². The first-order valence-electron chi connectivity index (χ1n) is 10.4. The number of piperazine rings is 1. The molecule has 2 N–H and O–H groups in total. The van der Waals surface area contributed by atoms with Gasteiger partial charge in [-0.05, 0) is 43.5 Å². The maximum absolute atomic E-state index is 12.9. The van der Waals surface area contributed by atoms with Crippen LogP contribution in [0.25, 0.3) is 0 Å². The van der Waals surface area contributed by atoms with Crippen LogP contribution in [0.4, 0.5) is 18.9 Å². The number of halogens is 3. The van der Waals surface area contributed by atoms with Crippen molar-refractivity contribution >= 4 is 11.6 Å². The lowest BCUT2D eigenvalue weighted by Crippen LogP contribution is -3.16. The van der Waals surface area contributed by atoms with Gasteiger partial charge in [0.05, 0.1) is 31.7 Å². The fourth-order valence-corrected chi connectivity index (χ4v) is 3.79. The molecule has 1 saturated heterocycles. The van der Waals surface area contributed by atoms with Crippen LogP contribution in [0.5, 0.6) is 0 Å². The maximum atomic E-state index is 12.9. The number of quaternary nitrogens is 1. The Morgan fingerprint density at radius 2 is 1.80 bits per heavy atom. The van der Waals surface area contributed by atoms with Crippen LogP contribution in [-0.4, -0.2) is 44.7 Å². The van der Waals surface area contributed by atoms with Crippen molar-refractivity contribution in [3.8, 4) is 0 Å². The van der Waals surface area contributed by atoms with Gasteiger partial charge < -0.3 is 15.1 Å². The fourth-order valence-electron chi connectivity index (χ4n) is 3.79. The van der Waals surface area contributed by atoms with Crippen LogP contribution in [0.3, 0.4) is 0 Å². The van der Waals surface area contributed by atoms with E-state index in [0.717, 1.165) is 36.9 Å². The Morgan fingerprint density at radius 1 is 1.10 bits per heavy atom. The van der Waals surface area contributed by atoms with E-state index in [1.165, 1.54) is 17.7 Å². The average Bonchev–Trinajstić information content (AvgIpc) is 2.73.